The molecule has 6 heteroatoms. The van der Waals surface area contributed by atoms with Crippen molar-refractivity contribution in [1.29, 1.82) is 5.26 Å². The van der Waals surface area contributed by atoms with Crippen molar-refractivity contribution in [2.24, 2.45) is 0 Å². The monoisotopic (exact) mass is 351 g/mol. The highest BCUT2D eigenvalue weighted by atomic mass is 32.2. The second-order valence-corrected chi connectivity index (χ2v) is 6.45. The first-order valence-electron chi connectivity index (χ1n) is 7.55. The average Bonchev–Trinajstić information content (AvgIpc) is 2.61. The first-order chi connectivity index (χ1) is 12.1. The van der Waals surface area contributed by atoms with Crippen LogP contribution < -0.4 is 5.56 Å². The number of thioether (sulfide) groups is 1. The normalized spacial score (nSPS) is 10.4. The molecule has 0 spiro atoms. The van der Waals surface area contributed by atoms with Crippen LogP contribution in [0, 0.1) is 24.1 Å². The minimum atomic E-state index is -0.497. The number of nitrogens with one attached hydrogen (secondary N) is 1. The molecule has 0 amide bonds. The smallest absolute Gasteiger partial charge is 0.270 e. The Hall–Kier alpha value is -2.91. The van der Waals surface area contributed by atoms with Crippen molar-refractivity contribution in [1.82, 2.24) is 9.97 Å². The molecule has 0 atom stereocenters. The van der Waals surface area contributed by atoms with E-state index in [0.717, 1.165) is 5.56 Å². The molecule has 0 aliphatic heterocycles. The molecule has 1 heterocycles. The Balaban J connectivity index is 1.93. The van der Waals surface area contributed by atoms with Gasteiger partial charge in [-0.25, -0.2) is 9.37 Å². The van der Waals surface area contributed by atoms with Crippen LogP contribution in [0.4, 0.5) is 4.39 Å². The molecule has 124 valence electrons. The lowest BCUT2D eigenvalue weighted by Crippen LogP contribution is -2.14. The van der Waals surface area contributed by atoms with E-state index in [1.54, 1.807) is 0 Å². The molecule has 0 unspecified atom stereocenters. The Morgan fingerprint density at radius 2 is 1.84 bits per heavy atom. The summed E-state index contributed by atoms with van der Waals surface area (Å²) in [5, 5.41) is 9.67. The van der Waals surface area contributed by atoms with E-state index >= 15 is 0 Å². The first kappa shape index (κ1) is 16.9. The van der Waals surface area contributed by atoms with Crippen LogP contribution in [0.25, 0.3) is 11.3 Å². The Morgan fingerprint density at radius 3 is 2.48 bits per heavy atom. The van der Waals surface area contributed by atoms with Gasteiger partial charge in [-0.15, -0.1) is 0 Å². The lowest BCUT2D eigenvalue weighted by atomic mass is 10.1. The van der Waals surface area contributed by atoms with Crippen LogP contribution in [0.2, 0.25) is 0 Å². The Labute approximate surface area is 148 Å². The van der Waals surface area contributed by atoms with Crippen LogP contribution in [0.3, 0.4) is 0 Å². The summed E-state index contributed by atoms with van der Waals surface area (Å²) >= 11 is 1.37. The van der Waals surface area contributed by atoms with Crippen molar-refractivity contribution >= 4 is 11.8 Å². The molecule has 0 saturated heterocycles. The van der Waals surface area contributed by atoms with Gasteiger partial charge in [0.1, 0.15) is 17.4 Å². The average molecular weight is 351 g/mol. The van der Waals surface area contributed by atoms with E-state index in [9.17, 15) is 14.4 Å². The lowest BCUT2D eigenvalue weighted by Gasteiger charge is -2.07. The second kappa shape index (κ2) is 7.32. The molecule has 25 heavy (non-hydrogen) atoms. The zero-order chi connectivity index (χ0) is 17.8. The van der Waals surface area contributed by atoms with Crippen LogP contribution >= 0.6 is 11.8 Å². The van der Waals surface area contributed by atoms with Gasteiger partial charge >= 0.3 is 0 Å². The number of hydrogen-bond acceptors (Lipinski definition) is 4. The molecule has 3 aromatic rings. The summed E-state index contributed by atoms with van der Waals surface area (Å²) in [4.78, 5) is 19.2. The molecule has 0 aliphatic carbocycles. The number of halogens is 1. The van der Waals surface area contributed by atoms with Gasteiger partial charge < -0.3 is 4.98 Å². The second-order valence-electron chi connectivity index (χ2n) is 5.49. The van der Waals surface area contributed by atoms with E-state index < -0.39 is 5.56 Å². The van der Waals surface area contributed by atoms with E-state index in [0.29, 0.717) is 16.5 Å². The zero-order valence-corrected chi connectivity index (χ0v) is 14.2. The van der Waals surface area contributed by atoms with Gasteiger partial charge in [0.15, 0.2) is 5.16 Å². The molecule has 4 nitrogen and oxygen atoms in total. The maximum Gasteiger partial charge on any atom is 0.270 e. The number of hydrogen-bond donors (Lipinski definition) is 1. The highest BCUT2D eigenvalue weighted by Gasteiger charge is 2.13. The number of nitrogens with zero attached hydrogens (tertiary/aromatic N) is 2. The predicted molar refractivity (Wildman–Crippen MR) is 95.7 cm³/mol. The van der Waals surface area contributed by atoms with E-state index in [-0.39, 0.29) is 17.1 Å². The molecular weight excluding hydrogens is 337 g/mol. The maximum atomic E-state index is 13.1. The van der Waals surface area contributed by atoms with Gasteiger partial charge in [0.2, 0.25) is 0 Å². The summed E-state index contributed by atoms with van der Waals surface area (Å²) in [6.45, 7) is 2.02. The Bertz CT molecular complexity index is 989. The molecule has 0 bridgehead atoms. The zero-order valence-electron chi connectivity index (χ0n) is 13.4. The number of rotatable bonds is 4. The highest BCUT2D eigenvalue weighted by molar-refractivity contribution is 7.98. The van der Waals surface area contributed by atoms with Crippen LogP contribution in [0.1, 0.15) is 16.7 Å². The van der Waals surface area contributed by atoms with Crippen molar-refractivity contribution in [2.75, 3.05) is 0 Å². The van der Waals surface area contributed by atoms with Gasteiger partial charge in [-0.3, -0.25) is 4.79 Å². The van der Waals surface area contributed by atoms with Gasteiger partial charge in [0.05, 0.1) is 5.69 Å². The van der Waals surface area contributed by atoms with E-state index in [1.165, 1.54) is 41.6 Å². The standard InChI is InChI=1S/C19H14FN3OS/c1-12-2-4-13(5-3-12)11-25-19-22-17(16(10-21)18(24)23-19)14-6-8-15(20)9-7-14/h2-9H,11H2,1H3,(H,22,23,24). The van der Waals surface area contributed by atoms with Gasteiger partial charge in [0.25, 0.3) is 5.56 Å². The van der Waals surface area contributed by atoms with E-state index in [2.05, 4.69) is 9.97 Å². The molecule has 2 aromatic carbocycles. The van der Waals surface area contributed by atoms with Crippen molar-refractivity contribution in [2.45, 2.75) is 17.8 Å². The van der Waals surface area contributed by atoms with E-state index in [1.807, 2.05) is 37.3 Å². The number of nitriles is 1. The lowest BCUT2D eigenvalue weighted by molar-refractivity contribution is 0.628. The number of aromatic amines is 1. The summed E-state index contributed by atoms with van der Waals surface area (Å²) in [6.07, 6.45) is 0. The Kier molecular flexibility index (Phi) is 4.96. The fourth-order valence-corrected chi connectivity index (χ4v) is 3.09. The van der Waals surface area contributed by atoms with Crippen LogP contribution in [0.5, 0.6) is 0 Å². The third-order valence-electron chi connectivity index (χ3n) is 3.62. The van der Waals surface area contributed by atoms with Crippen molar-refractivity contribution < 1.29 is 4.39 Å². The van der Waals surface area contributed by atoms with Crippen molar-refractivity contribution in [3.05, 3.63) is 81.4 Å². The van der Waals surface area contributed by atoms with Gasteiger partial charge in [0, 0.05) is 11.3 Å². The summed E-state index contributed by atoms with van der Waals surface area (Å²) in [5.41, 5.74) is 2.50. The van der Waals surface area contributed by atoms with Gasteiger partial charge in [-0.05, 0) is 36.8 Å². The van der Waals surface area contributed by atoms with Crippen LogP contribution in [-0.4, -0.2) is 9.97 Å². The van der Waals surface area contributed by atoms with Crippen molar-refractivity contribution in [3.63, 3.8) is 0 Å². The summed E-state index contributed by atoms with van der Waals surface area (Å²) in [6, 6.07) is 15.5. The quantitative estimate of drug-likeness (QED) is 0.569. The molecule has 3 rings (SSSR count). The third kappa shape index (κ3) is 3.95. The number of H-pyrrole nitrogens is 1. The van der Waals surface area contributed by atoms with Gasteiger partial charge in [-0.1, -0.05) is 41.6 Å². The predicted octanol–water partition coefficient (Wildman–Crippen LogP) is 4.05. The topological polar surface area (TPSA) is 69.5 Å². The minimum Gasteiger partial charge on any atom is -0.300 e. The summed E-state index contributed by atoms with van der Waals surface area (Å²) < 4.78 is 13.1. The highest BCUT2D eigenvalue weighted by Crippen LogP contribution is 2.24. The molecule has 0 radical (unpaired) electrons. The maximum absolute atomic E-state index is 13.1. The van der Waals surface area contributed by atoms with Crippen LogP contribution in [0.15, 0.2) is 58.5 Å². The number of benzene rings is 2. The molecule has 1 aromatic heterocycles. The largest absolute Gasteiger partial charge is 0.300 e. The molecule has 0 aliphatic rings. The molecular formula is C19H14FN3OS. The van der Waals surface area contributed by atoms with Crippen molar-refractivity contribution in [3.8, 4) is 17.3 Å². The van der Waals surface area contributed by atoms with Gasteiger partial charge in [-0.2, -0.15) is 5.26 Å². The van der Waals surface area contributed by atoms with Crippen LogP contribution in [-0.2, 0) is 5.75 Å². The molecule has 0 fully saturated rings. The number of aromatic nitrogens is 2. The molecule has 1 N–H and O–H groups in total. The number of aryl methyl sites for hydroxylation is 1. The Morgan fingerprint density at radius 1 is 1.16 bits per heavy atom. The van der Waals surface area contributed by atoms with E-state index in [4.69, 9.17) is 0 Å². The fourth-order valence-electron chi connectivity index (χ4n) is 2.28. The summed E-state index contributed by atoms with van der Waals surface area (Å²) in [7, 11) is 0. The molecule has 0 saturated carbocycles. The SMILES string of the molecule is Cc1ccc(CSc2nc(-c3ccc(F)cc3)c(C#N)c(=O)[nH]2)cc1. The fraction of sp³-hybridized carbons (Fsp3) is 0.105. The third-order valence-corrected chi connectivity index (χ3v) is 4.57. The minimum absolute atomic E-state index is 0.0775. The summed E-state index contributed by atoms with van der Waals surface area (Å²) in [5.74, 6) is 0.249. The first-order valence-corrected chi connectivity index (χ1v) is 8.54.